The molecule has 1 N–H and O–H groups in total. The number of hydrogen-bond donors (Lipinski definition) is 1. The average Bonchev–Trinajstić information content (AvgIpc) is 2.43. The smallest absolute Gasteiger partial charge is 0.328 e. The lowest BCUT2D eigenvalue weighted by atomic mass is 10.2. The van der Waals surface area contributed by atoms with E-state index in [1.165, 1.54) is 36.4 Å². The summed E-state index contributed by atoms with van der Waals surface area (Å²) in [5.74, 6) is -1.81. The zero-order valence-corrected chi connectivity index (χ0v) is 11.1. The Morgan fingerprint density at radius 1 is 1.14 bits per heavy atom. The first-order chi connectivity index (χ1) is 9.95. The maximum atomic E-state index is 13.9. The van der Waals surface area contributed by atoms with Gasteiger partial charge in [-0.3, -0.25) is 0 Å². The van der Waals surface area contributed by atoms with Gasteiger partial charge in [-0.25, -0.2) is 13.6 Å². The standard InChI is InChI=1S/C16H12F2O3/c1-10-8-12(4-5-13(10)17)21-15-6-2-11(9-14(15)18)3-7-16(19)20/h2-9H,1H3,(H,19,20)/b7-3+. The van der Waals surface area contributed by atoms with Gasteiger partial charge in [0.2, 0.25) is 0 Å². The Morgan fingerprint density at radius 3 is 2.52 bits per heavy atom. The molecule has 0 saturated carbocycles. The molecule has 2 aromatic rings. The quantitative estimate of drug-likeness (QED) is 0.860. The number of benzene rings is 2. The molecule has 0 aliphatic heterocycles. The molecule has 0 radical (unpaired) electrons. The fourth-order valence-corrected chi connectivity index (χ4v) is 1.68. The maximum absolute atomic E-state index is 13.9. The predicted octanol–water partition coefficient (Wildman–Crippen LogP) is 4.16. The van der Waals surface area contributed by atoms with E-state index in [0.717, 1.165) is 12.1 Å². The molecule has 2 rings (SSSR count). The molecule has 0 amide bonds. The first kappa shape index (κ1) is 14.7. The third-order valence-corrected chi connectivity index (χ3v) is 2.73. The van der Waals surface area contributed by atoms with Gasteiger partial charge >= 0.3 is 5.97 Å². The van der Waals surface area contributed by atoms with Crippen molar-refractivity contribution in [3.05, 3.63) is 65.2 Å². The number of hydrogen-bond acceptors (Lipinski definition) is 2. The first-order valence-electron chi connectivity index (χ1n) is 6.10. The van der Waals surface area contributed by atoms with Crippen LogP contribution in [0.15, 0.2) is 42.5 Å². The summed E-state index contributed by atoms with van der Waals surface area (Å²) in [6.45, 7) is 1.58. The topological polar surface area (TPSA) is 46.5 Å². The zero-order valence-electron chi connectivity index (χ0n) is 11.1. The van der Waals surface area contributed by atoms with Crippen molar-refractivity contribution in [3.8, 4) is 11.5 Å². The second-order valence-electron chi connectivity index (χ2n) is 4.37. The number of aryl methyl sites for hydroxylation is 1. The second kappa shape index (κ2) is 6.17. The lowest BCUT2D eigenvalue weighted by Gasteiger charge is -2.08. The molecular formula is C16H12F2O3. The van der Waals surface area contributed by atoms with Crippen LogP contribution in [0.2, 0.25) is 0 Å². The summed E-state index contributed by atoms with van der Waals surface area (Å²) in [6.07, 6.45) is 2.19. The maximum Gasteiger partial charge on any atom is 0.328 e. The van der Waals surface area contributed by atoms with Crippen LogP contribution in [0.5, 0.6) is 11.5 Å². The Balaban J connectivity index is 2.21. The van der Waals surface area contributed by atoms with Gasteiger partial charge in [-0.05, 0) is 54.5 Å². The zero-order chi connectivity index (χ0) is 15.4. The van der Waals surface area contributed by atoms with Crippen molar-refractivity contribution in [3.63, 3.8) is 0 Å². The van der Waals surface area contributed by atoms with Gasteiger partial charge in [0, 0.05) is 6.08 Å². The lowest BCUT2D eigenvalue weighted by molar-refractivity contribution is -0.131. The van der Waals surface area contributed by atoms with Crippen LogP contribution in [0.3, 0.4) is 0 Å². The third kappa shape index (κ3) is 3.89. The second-order valence-corrected chi connectivity index (χ2v) is 4.37. The van der Waals surface area contributed by atoms with Crippen molar-refractivity contribution in [2.45, 2.75) is 6.92 Å². The van der Waals surface area contributed by atoms with Gasteiger partial charge in [-0.1, -0.05) is 6.07 Å². The van der Waals surface area contributed by atoms with E-state index in [9.17, 15) is 13.6 Å². The highest BCUT2D eigenvalue weighted by Crippen LogP contribution is 2.26. The van der Waals surface area contributed by atoms with Crippen LogP contribution in [0.25, 0.3) is 6.08 Å². The van der Waals surface area contributed by atoms with Crippen molar-refractivity contribution < 1.29 is 23.4 Å². The van der Waals surface area contributed by atoms with Crippen molar-refractivity contribution >= 4 is 12.0 Å². The number of carbonyl (C=O) groups is 1. The Labute approximate surface area is 120 Å². The van der Waals surface area contributed by atoms with Crippen molar-refractivity contribution in [2.24, 2.45) is 0 Å². The average molecular weight is 290 g/mol. The van der Waals surface area contributed by atoms with Gasteiger partial charge in [-0.2, -0.15) is 0 Å². The molecule has 0 atom stereocenters. The van der Waals surface area contributed by atoms with Crippen LogP contribution in [0.1, 0.15) is 11.1 Å². The van der Waals surface area contributed by atoms with Crippen LogP contribution >= 0.6 is 0 Å². The summed E-state index contributed by atoms with van der Waals surface area (Å²) in [5, 5.41) is 8.51. The molecule has 0 saturated heterocycles. The number of halogens is 2. The molecule has 0 spiro atoms. The van der Waals surface area contributed by atoms with E-state index in [4.69, 9.17) is 9.84 Å². The number of ether oxygens (including phenoxy) is 1. The van der Waals surface area contributed by atoms with E-state index in [2.05, 4.69) is 0 Å². The summed E-state index contributed by atoms with van der Waals surface area (Å²) >= 11 is 0. The van der Waals surface area contributed by atoms with Gasteiger partial charge in [0.05, 0.1) is 0 Å². The van der Waals surface area contributed by atoms with Crippen LogP contribution in [0, 0.1) is 18.6 Å². The van der Waals surface area contributed by atoms with Crippen LogP contribution < -0.4 is 4.74 Å². The van der Waals surface area contributed by atoms with Crippen molar-refractivity contribution in [2.75, 3.05) is 0 Å². The fourth-order valence-electron chi connectivity index (χ4n) is 1.68. The Kier molecular flexibility index (Phi) is 4.33. The van der Waals surface area contributed by atoms with Crippen LogP contribution in [-0.2, 0) is 4.79 Å². The molecule has 3 nitrogen and oxygen atoms in total. The molecule has 108 valence electrons. The fraction of sp³-hybridized carbons (Fsp3) is 0.0625. The number of rotatable bonds is 4. The Morgan fingerprint density at radius 2 is 1.90 bits per heavy atom. The normalized spacial score (nSPS) is 10.8. The van der Waals surface area contributed by atoms with Gasteiger partial charge in [-0.15, -0.1) is 0 Å². The van der Waals surface area contributed by atoms with Crippen LogP contribution in [0.4, 0.5) is 8.78 Å². The van der Waals surface area contributed by atoms with E-state index < -0.39 is 11.8 Å². The lowest BCUT2D eigenvalue weighted by Crippen LogP contribution is -1.91. The van der Waals surface area contributed by atoms with Gasteiger partial charge < -0.3 is 9.84 Å². The Hall–Kier alpha value is -2.69. The molecule has 0 heterocycles. The SMILES string of the molecule is Cc1cc(Oc2ccc(/C=C/C(=O)O)cc2F)ccc1F. The molecule has 0 aliphatic carbocycles. The molecule has 5 heteroatoms. The molecule has 0 bridgehead atoms. The summed E-state index contributed by atoms with van der Waals surface area (Å²) < 4.78 is 32.3. The van der Waals surface area contributed by atoms with E-state index >= 15 is 0 Å². The minimum atomic E-state index is -1.11. The largest absolute Gasteiger partial charge is 0.478 e. The Bertz CT molecular complexity index is 709. The first-order valence-corrected chi connectivity index (χ1v) is 6.10. The molecule has 2 aromatic carbocycles. The van der Waals surface area contributed by atoms with E-state index in [0.29, 0.717) is 16.9 Å². The molecule has 21 heavy (non-hydrogen) atoms. The van der Waals surface area contributed by atoms with E-state index in [1.807, 2.05) is 0 Å². The number of carboxylic acid groups (broad SMARTS) is 1. The minimum Gasteiger partial charge on any atom is -0.478 e. The van der Waals surface area contributed by atoms with Crippen molar-refractivity contribution in [1.29, 1.82) is 0 Å². The van der Waals surface area contributed by atoms with Crippen molar-refractivity contribution in [1.82, 2.24) is 0 Å². The van der Waals surface area contributed by atoms with Gasteiger partial charge in [0.15, 0.2) is 11.6 Å². The molecular weight excluding hydrogens is 278 g/mol. The van der Waals surface area contributed by atoms with Gasteiger partial charge in [0.25, 0.3) is 0 Å². The minimum absolute atomic E-state index is 0.0199. The van der Waals surface area contributed by atoms with E-state index in [-0.39, 0.29) is 11.6 Å². The number of aliphatic carboxylic acids is 1. The summed E-state index contributed by atoms with van der Waals surface area (Å²) in [4.78, 5) is 10.4. The highest BCUT2D eigenvalue weighted by Gasteiger charge is 2.07. The number of carboxylic acids is 1. The molecule has 0 unspecified atom stereocenters. The van der Waals surface area contributed by atoms with Crippen LogP contribution in [-0.4, -0.2) is 11.1 Å². The monoisotopic (exact) mass is 290 g/mol. The molecule has 0 aliphatic rings. The predicted molar refractivity (Wildman–Crippen MR) is 74.3 cm³/mol. The van der Waals surface area contributed by atoms with E-state index in [1.54, 1.807) is 6.92 Å². The summed E-state index contributed by atoms with van der Waals surface area (Å²) in [5.41, 5.74) is 0.798. The highest BCUT2D eigenvalue weighted by atomic mass is 19.1. The highest BCUT2D eigenvalue weighted by molar-refractivity contribution is 5.85. The summed E-state index contributed by atoms with van der Waals surface area (Å²) in [7, 11) is 0. The van der Waals surface area contributed by atoms with Gasteiger partial charge in [0.1, 0.15) is 11.6 Å². The summed E-state index contributed by atoms with van der Waals surface area (Å²) in [6, 6.07) is 8.18. The molecule has 0 aromatic heterocycles. The molecule has 0 fully saturated rings. The third-order valence-electron chi connectivity index (χ3n) is 2.73.